The fraction of sp³-hybridized carbons (Fsp3) is 0.450. The Morgan fingerprint density at radius 3 is 1.18 bits per heavy atom. The van der Waals surface area contributed by atoms with Crippen molar-refractivity contribution in [2.75, 3.05) is 0 Å². The topological polar surface area (TPSA) is 0 Å². The van der Waals surface area contributed by atoms with Crippen molar-refractivity contribution in [2.24, 2.45) is 10.8 Å². The Kier molecular flexibility index (Phi) is 13.2. The highest BCUT2D eigenvalue weighted by molar-refractivity contribution is 5.39. The molecule has 2 aliphatic rings. The summed E-state index contributed by atoms with van der Waals surface area (Å²) >= 11 is 0. The molecule has 0 heteroatoms. The van der Waals surface area contributed by atoms with Gasteiger partial charge in [-0.1, -0.05) is 146 Å². The van der Waals surface area contributed by atoms with E-state index in [1.807, 2.05) is 0 Å². The first kappa shape index (κ1) is 33.3. The van der Waals surface area contributed by atoms with Crippen molar-refractivity contribution in [3.63, 3.8) is 0 Å². The van der Waals surface area contributed by atoms with Gasteiger partial charge in [0.15, 0.2) is 0 Å². The Bertz CT molecular complexity index is 1120. The molecule has 216 valence electrons. The van der Waals surface area contributed by atoms with E-state index in [-0.39, 0.29) is 0 Å². The van der Waals surface area contributed by atoms with Crippen LogP contribution in [0.5, 0.6) is 0 Å². The average Bonchev–Trinajstić information content (AvgIpc) is 2.85. The van der Waals surface area contributed by atoms with Gasteiger partial charge >= 0.3 is 0 Å². The fourth-order valence-electron chi connectivity index (χ4n) is 5.79. The maximum absolute atomic E-state index is 2.37. The molecular weight excluding hydrogens is 480 g/mol. The summed E-state index contributed by atoms with van der Waals surface area (Å²) in [6.45, 7) is 22.7. The molecule has 0 N–H and O–H groups in total. The second kappa shape index (κ2) is 15.8. The first-order valence-electron chi connectivity index (χ1n) is 15.3. The van der Waals surface area contributed by atoms with Crippen LogP contribution >= 0.6 is 0 Å². The molecule has 0 atom stereocenters. The van der Waals surface area contributed by atoms with Crippen molar-refractivity contribution < 1.29 is 0 Å². The van der Waals surface area contributed by atoms with Crippen molar-refractivity contribution in [1.82, 2.24) is 0 Å². The molecule has 0 amide bonds. The lowest BCUT2D eigenvalue weighted by Gasteiger charge is -2.33. The van der Waals surface area contributed by atoms with Crippen LogP contribution in [0, 0.1) is 10.8 Å². The molecule has 0 saturated heterocycles. The van der Waals surface area contributed by atoms with Crippen molar-refractivity contribution in [2.45, 2.75) is 108 Å². The summed E-state index contributed by atoms with van der Waals surface area (Å²) in [5, 5.41) is 0. The summed E-state index contributed by atoms with van der Waals surface area (Å²) in [6, 6.07) is 0. The second-order valence-corrected chi connectivity index (χ2v) is 13.3. The molecule has 0 saturated carbocycles. The monoisotopic (exact) mass is 536 g/mol. The SMILES string of the molecule is CC1=C(/C=C/C(C)=C/C=C\C(C)=C\C=C/C=C(C)/C=C/C=C(C)/C=C/C2=C(C)CCCC2(C)C)C(C)(C)CCC1. The molecule has 0 unspecified atom stereocenters. The van der Waals surface area contributed by atoms with Crippen LogP contribution in [0.3, 0.4) is 0 Å². The number of hydrogen-bond donors (Lipinski definition) is 0. The van der Waals surface area contributed by atoms with Crippen LogP contribution < -0.4 is 0 Å². The van der Waals surface area contributed by atoms with Gasteiger partial charge in [0.1, 0.15) is 0 Å². The van der Waals surface area contributed by atoms with Crippen molar-refractivity contribution in [3.8, 4) is 0 Å². The third kappa shape index (κ3) is 11.3. The lowest BCUT2D eigenvalue weighted by atomic mass is 9.72. The summed E-state index contributed by atoms with van der Waals surface area (Å²) in [4.78, 5) is 0. The molecule has 40 heavy (non-hydrogen) atoms. The van der Waals surface area contributed by atoms with Crippen LogP contribution in [-0.4, -0.2) is 0 Å². The van der Waals surface area contributed by atoms with Crippen molar-refractivity contribution in [1.29, 1.82) is 0 Å². The van der Waals surface area contributed by atoms with Gasteiger partial charge in [-0.3, -0.25) is 0 Å². The molecule has 2 aliphatic carbocycles. The quantitative estimate of drug-likeness (QED) is 0.244. The van der Waals surface area contributed by atoms with Crippen molar-refractivity contribution >= 4 is 0 Å². The van der Waals surface area contributed by atoms with Crippen LogP contribution in [-0.2, 0) is 0 Å². The number of hydrogen-bond acceptors (Lipinski definition) is 0. The zero-order valence-corrected chi connectivity index (χ0v) is 27.3. The third-order valence-corrected chi connectivity index (χ3v) is 8.38. The van der Waals surface area contributed by atoms with Gasteiger partial charge in [0, 0.05) is 0 Å². The van der Waals surface area contributed by atoms with E-state index in [0.717, 1.165) is 0 Å². The van der Waals surface area contributed by atoms with Gasteiger partial charge in [-0.05, 0) is 102 Å². The van der Waals surface area contributed by atoms with Gasteiger partial charge in [-0.15, -0.1) is 0 Å². The smallest absolute Gasteiger partial charge is 0.0104 e. The summed E-state index contributed by atoms with van der Waals surface area (Å²) < 4.78 is 0. The lowest BCUT2D eigenvalue weighted by molar-refractivity contribution is 0.376. The Morgan fingerprint density at radius 1 is 0.500 bits per heavy atom. The Balaban J connectivity index is 1.89. The molecule has 0 radical (unpaired) electrons. The Labute approximate surface area is 247 Å². The van der Waals surface area contributed by atoms with Gasteiger partial charge in [-0.2, -0.15) is 0 Å². The van der Waals surface area contributed by atoms with Gasteiger partial charge in [0.2, 0.25) is 0 Å². The largest absolute Gasteiger partial charge is 0.0696 e. The van der Waals surface area contributed by atoms with Gasteiger partial charge in [0.25, 0.3) is 0 Å². The third-order valence-electron chi connectivity index (χ3n) is 8.38. The zero-order chi connectivity index (χ0) is 29.8. The normalized spacial score (nSPS) is 21.9. The van der Waals surface area contributed by atoms with E-state index >= 15 is 0 Å². The van der Waals surface area contributed by atoms with E-state index in [0.29, 0.717) is 10.8 Å². The molecule has 0 spiro atoms. The minimum absolute atomic E-state index is 0.291. The molecule has 0 nitrogen and oxygen atoms in total. The van der Waals surface area contributed by atoms with E-state index in [2.05, 4.69) is 154 Å². The molecule has 0 aliphatic heterocycles. The zero-order valence-electron chi connectivity index (χ0n) is 27.3. The Morgan fingerprint density at radius 2 is 0.825 bits per heavy atom. The maximum atomic E-state index is 2.37. The fourth-order valence-corrected chi connectivity index (χ4v) is 5.79. The molecule has 0 aromatic carbocycles. The Hall–Kier alpha value is -2.86. The summed E-state index contributed by atoms with van der Waals surface area (Å²) in [5.74, 6) is 0. The number of allylic oxidation sites excluding steroid dienone is 22. The highest BCUT2D eigenvalue weighted by Gasteiger charge is 2.27. The van der Waals surface area contributed by atoms with E-state index in [1.54, 1.807) is 11.1 Å². The molecule has 0 heterocycles. The minimum atomic E-state index is 0.291. The van der Waals surface area contributed by atoms with Crippen LogP contribution in [0.25, 0.3) is 0 Å². The maximum Gasteiger partial charge on any atom is -0.0104 e. The van der Waals surface area contributed by atoms with Gasteiger partial charge in [0.05, 0.1) is 0 Å². The second-order valence-electron chi connectivity index (χ2n) is 13.3. The van der Waals surface area contributed by atoms with Crippen molar-refractivity contribution in [3.05, 3.63) is 130 Å². The van der Waals surface area contributed by atoms with E-state index < -0.39 is 0 Å². The highest BCUT2D eigenvalue weighted by Crippen LogP contribution is 2.41. The predicted octanol–water partition coefficient (Wildman–Crippen LogP) is 12.6. The lowest BCUT2D eigenvalue weighted by Crippen LogP contribution is -2.19. The molecule has 0 aromatic rings. The highest BCUT2D eigenvalue weighted by atomic mass is 14.3. The molecule has 2 rings (SSSR count). The average molecular weight is 537 g/mol. The van der Waals surface area contributed by atoms with Crippen LogP contribution in [0.2, 0.25) is 0 Å². The summed E-state index contributed by atoms with van der Waals surface area (Å²) in [7, 11) is 0. The van der Waals surface area contributed by atoms with Crippen LogP contribution in [0.1, 0.15) is 108 Å². The molecular formula is C40H56. The van der Waals surface area contributed by atoms with E-state index in [1.165, 1.54) is 72.0 Å². The predicted molar refractivity (Wildman–Crippen MR) is 181 cm³/mol. The standard InChI is InChI=1S/C40H56/c1-31(19-13-21-33(3)25-27-37-35(5)23-15-29-39(37,7)8)17-11-12-18-32(2)20-14-22-34(4)26-28-38-36(6)24-16-30-40(38,9)10/h11-14,17-22,25-28H,15-16,23-24,29-30H2,1-10H3/b12-11-,19-13-,20-14+,27-25+,28-26+,31-17+,32-18+,33-21+,34-22+. The molecule has 0 fully saturated rings. The molecule has 0 aromatic heterocycles. The molecule has 0 bridgehead atoms. The minimum Gasteiger partial charge on any atom is -0.0696 e. The van der Waals surface area contributed by atoms with Gasteiger partial charge in [-0.25, -0.2) is 0 Å². The van der Waals surface area contributed by atoms with E-state index in [9.17, 15) is 0 Å². The van der Waals surface area contributed by atoms with E-state index in [4.69, 9.17) is 0 Å². The van der Waals surface area contributed by atoms with Crippen LogP contribution in [0.4, 0.5) is 0 Å². The van der Waals surface area contributed by atoms with Gasteiger partial charge < -0.3 is 0 Å². The first-order chi connectivity index (χ1) is 18.8. The summed E-state index contributed by atoms with van der Waals surface area (Å²) in [5.41, 5.74) is 11.7. The number of rotatable bonds is 10. The van der Waals surface area contributed by atoms with Crippen LogP contribution in [0.15, 0.2) is 130 Å². The summed E-state index contributed by atoms with van der Waals surface area (Å²) in [6.07, 6.45) is 38.4. The first-order valence-corrected chi connectivity index (χ1v) is 15.3.